The molecule has 3 N–H and O–H groups in total. The SMILES string of the molecule is COc1ccc(CNc2nc3cc(OC)c(F)cc3c3nc(C4CC(F)CN(C(C=NCC5(OPI)CCC5)=CN)C4)nn23)c(OC)c1. The van der Waals surface area contributed by atoms with Gasteiger partial charge in [0, 0.05) is 61.0 Å². The minimum Gasteiger partial charge on any atom is -0.497 e. The largest absolute Gasteiger partial charge is 0.497 e. The number of allylic oxidation sites excluding steroid dienone is 1. The van der Waals surface area contributed by atoms with Gasteiger partial charge in [-0.1, -0.05) is 0 Å². The molecule has 2 aromatic carbocycles. The van der Waals surface area contributed by atoms with Gasteiger partial charge in [0.15, 0.2) is 23.0 Å². The molecule has 1 aliphatic heterocycles. The number of nitrogens with zero attached hydrogens (tertiary/aromatic N) is 6. The molecule has 1 aliphatic carbocycles. The molecular weight excluding hydrogens is 756 g/mol. The van der Waals surface area contributed by atoms with Crippen LogP contribution in [0.1, 0.15) is 43.0 Å². The maximum atomic E-state index is 15.4. The van der Waals surface area contributed by atoms with Crippen LogP contribution in [0.4, 0.5) is 14.7 Å². The number of likely N-dealkylation sites (tertiary alicyclic amines) is 1. The fourth-order valence-electron chi connectivity index (χ4n) is 6.16. The van der Waals surface area contributed by atoms with E-state index in [1.54, 1.807) is 31.0 Å². The highest BCUT2D eigenvalue weighted by atomic mass is 127. The quantitative estimate of drug-likeness (QED) is 0.0953. The van der Waals surface area contributed by atoms with Crippen LogP contribution in [0.2, 0.25) is 0 Å². The first-order valence-electron chi connectivity index (χ1n) is 15.5. The summed E-state index contributed by atoms with van der Waals surface area (Å²) in [4.78, 5) is 16.1. The monoisotopic (exact) mass is 794 g/mol. The number of fused-ring (bicyclic) bond motifs is 3. The Bertz CT molecular complexity index is 1840. The summed E-state index contributed by atoms with van der Waals surface area (Å²) < 4.78 is 53.9. The number of methoxy groups -OCH3 is 3. The lowest BCUT2D eigenvalue weighted by atomic mass is 9.80. The number of rotatable bonds is 13. The maximum Gasteiger partial charge on any atom is 0.226 e. The van der Waals surface area contributed by atoms with E-state index < -0.39 is 12.0 Å². The van der Waals surface area contributed by atoms with Gasteiger partial charge in [-0.2, -0.15) is 4.52 Å². The summed E-state index contributed by atoms with van der Waals surface area (Å²) in [5, 5.41) is 8.58. The number of hydrogen-bond acceptors (Lipinski definition) is 11. The second-order valence-electron chi connectivity index (χ2n) is 11.9. The average molecular weight is 795 g/mol. The van der Waals surface area contributed by atoms with Crippen molar-refractivity contribution in [2.45, 2.75) is 49.9 Å². The Morgan fingerprint density at radius 3 is 2.65 bits per heavy atom. The van der Waals surface area contributed by atoms with E-state index in [-0.39, 0.29) is 30.2 Å². The van der Waals surface area contributed by atoms with Crippen LogP contribution < -0.4 is 25.3 Å². The molecule has 1 saturated carbocycles. The minimum atomic E-state index is -1.16. The van der Waals surface area contributed by atoms with Crippen LogP contribution in [0.3, 0.4) is 0 Å². The molecular formula is C32H38F2IN8O4P. The molecule has 0 spiro atoms. The summed E-state index contributed by atoms with van der Waals surface area (Å²) in [6, 6.07) is 8.38. The van der Waals surface area contributed by atoms with Crippen molar-refractivity contribution >= 4 is 57.2 Å². The highest BCUT2D eigenvalue weighted by molar-refractivity contribution is 14.2. The van der Waals surface area contributed by atoms with Gasteiger partial charge in [-0.25, -0.2) is 18.7 Å². The highest BCUT2D eigenvalue weighted by Crippen LogP contribution is 2.43. The fraction of sp³-hybridized carbons (Fsp3) is 0.438. The molecule has 16 heteroatoms. The highest BCUT2D eigenvalue weighted by Gasteiger charge is 2.38. The Kier molecular flexibility index (Phi) is 10.7. The standard InChI is InChI=1S/C32H38F2IN8O4P/c1-44-23-6-5-19(27(10-23)45-2)14-38-31-39-26-12-28(46-3)25(34)11-24(26)30-40-29(41-43(30)31)20-9-21(33)17-42(16-20)22(13-36)15-37-18-32(47-48-35)7-4-8-32/h5-6,10-13,15,20-21,48H,4,7-9,14,16-18,36H2,1-3H3,(H,38,39). The number of nitrogens with one attached hydrogen (secondary N) is 1. The van der Waals surface area contributed by atoms with Gasteiger partial charge in [-0.3, -0.25) is 4.99 Å². The third-order valence-electron chi connectivity index (χ3n) is 8.92. The van der Waals surface area contributed by atoms with Crippen LogP contribution in [0.15, 0.2) is 47.2 Å². The number of aromatic nitrogens is 4. The predicted molar refractivity (Wildman–Crippen MR) is 191 cm³/mol. The second-order valence-corrected chi connectivity index (χ2v) is 13.6. The van der Waals surface area contributed by atoms with Crippen molar-refractivity contribution in [1.29, 1.82) is 0 Å². The summed E-state index contributed by atoms with van der Waals surface area (Å²) in [6.45, 7) is 1.81. The van der Waals surface area contributed by atoms with Gasteiger partial charge in [0.2, 0.25) is 5.95 Å². The van der Waals surface area contributed by atoms with Crippen molar-refractivity contribution in [3.05, 3.63) is 59.4 Å². The first-order valence-corrected chi connectivity index (χ1v) is 19.6. The zero-order valence-corrected chi connectivity index (χ0v) is 30.0. The van der Waals surface area contributed by atoms with Gasteiger partial charge in [-0.15, -0.1) is 5.10 Å². The Balaban J connectivity index is 1.31. The molecule has 48 heavy (non-hydrogen) atoms. The molecule has 0 amide bonds. The van der Waals surface area contributed by atoms with E-state index in [0.29, 0.717) is 71.6 Å². The smallest absolute Gasteiger partial charge is 0.226 e. The zero-order chi connectivity index (χ0) is 33.8. The molecule has 0 bridgehead atoms. The summed E-state index contributed by atoms with van der Waals surface area (Å²) in [5.41, 5.74) is 8.12. The van der Waals surface area contributed by atoms with Crippen molar-refractivity contribution in [2.24, 2.45) is 10.7 Å². The predicted octanol–water partition coefficient (Wildman–Crippen LogP) is 5.94. The van der Waals surface area contributed by atoms with Gasteiger partial charge in [0.1, 0.15) is 17.7 Å². The van der Waals surface area contributed by atoms with Gasteiger partial charge in [0.05, 0.1) is 51.1 Å². The number of hydrogen-bond donors (Lipinski definition) is 2. The average Bonchev–Trinajstić information content (AvgIpc) is 3.54. The first kappa shape index (κ1) is 34.3. The van der Waals surface area contributed by atoms with Crippen molar-refractivity contribution < 1.29 is 27.5 Å². The number of nitrogens with two attached hydrogens (primary N) is 1. The van der Waals surface area contributed by atoms with E-state index in [4.69, 9.17) is 39.5 Å². The lowest BCUT2D eigenvalue weighted by molar-refractivity contribution is 0.0198. The van der Waals surface area contributed by atoms with Crippen LogP contribution in [0.25, 0.3) is 16.6 Å². The third kappa shape index (κ3) is 7.08. The molecule has 4 aromatic rings. The summed E-state index contributed by atoms with van der Waals surface area (Å²) in [6.07, 6.45) is 5.29. The molecule has 3 atom stereocenters. The van der Waals surface area contributed by atoms with Crippen molar-refractivity contribution in [3.63, 3.8) is 0 Å². The van der Waals surface area contributed by atoms with Gasteiger partial charge in [0.25, 0.3) is 0 Å². The molecule has 6 rings (SSSR count). The Labute approximate surface area is 291 Å². The number of aliphatic imine (C=N–C) groups is 1. The number of halogens is 3. The lowest BCUT2D eigenvalue weighted by Gasteiger charge is -2.39. The normalized spacial score (nSPS) is 19.8. The van der Waals surface area contributed by atoms with E-state index >= 15 is 4.39 Å². The van der Waals surface area contributed by atoms with Gasteiger partial charge >= 0.3 is 0 Å². The van der Waals surface area contributed by atoms with Crippen LogP contribution in [-0.2, 0) is 11.1 Å². The van der Waals surface area contributed by atoms with Crippen LogP contribution >= 0.6 is 28.5 Å². The molecule has 3 heterocycles. The third-order valence-corrected chi connectivity index (χ3v) is 10.1. The summed E-state index contributed by atoms with van der Waals surface area (Å²) in [5.74, 6) is 1.18. The molecule has 2 aromatic heterocycles. The maximum absolute atomic E-state index is 15.4. The Morgan fingerprint density at radius 1 is 1.15 bits per heavy atom. The number of piperidine rings is 1. The van der Waals surface area contributed by atoms with E-state index in [2.05, 4.69) is 32.4 Å². The van der Waals surface area contributed by atoms with Crippen molar-refractivity contribution in [3.8, 4) is 17.2 Å². The lowest BCUT2D eigenvalue weighted by Crippen LogP contribution is -2.42. The van der Waals surface area contributed by atoms with E-state index in [1.807, 2.05) is 17.0 Å². The zero-order valence-electron chi connectivity index (χ0n) is 26.9. The van der Waals surface area contributed by atoms with Gasteiger partial charge in [-0.05, 0) is 65.9 Å². The Hall–Kier alpha value is -3.56. The summed E-state index contributed by atoms with van der Waals surface area (Å²) >= 11 is 2.23. The van der Waals surface area contributed by atoms with Crippen LogP contribution in [-0.4, -0.2) is 83.4 Å². The minimum absolute atomic E-state index is 0.0531. The molecule has 0 radical (unpaired) electrons. The molecule has 1 saturated heterocycles. The van der Waals surface area contributed by atoms with Crippen molar-refractivity contribution in [1.82, 2.24) is 24.5 Å². The number of anilines is 1. The van der Waals surface area contributed by atoms with Gasteiger partial charge < -0.3 is 34.7 Å². The summed E-state index contributed by atoms with van der Waals surface area (Å²) in [7, 11) is 4.57. The molecule has 12 nitrogen and oxygen atoms in total. The van der Waals surface area contributed by atoms with E-state index in [0.717, 1.165) is 24.8 Å². The van der Waals surface area contributed by atoms with Crippen LogP contribution in [0.5, 0.6) is 17.2 Å². The number of benzene rings is 2. The topological polar surface area (TPSA) is 134 Å². The van der Waals surface area contributed by atoms with E-state index in [9.17, 15) is 4.39 Å². The molecule has 2 fully saturated rings. The van der Waals surface area contributed by atoms with Crippen LogP contribution in [0, 0.1) is 5.82 Å². The fourth-order valence-corrected chi connectivity index (χ4v) is 7.99. The van der Waals surface area contributed by atoms with Crippen molar-refractivity contribution in [2.75, 3.05) is 46.3 Å². The number of alkyl halides is 1. The second kappa shape index (κ2) is 14.9. The Morgan fingerprint density at radius 2 is 1.96 bits per heavy atom. The molecule has 2 aliphatic rings. The first-order chi connectivity index (χ1) is 23.3. The molecule has 3 unspecified atom stereocenters. The van der Waals surface area contributed by atoms with E-state index in [1.165, 1.54) is 25.4 Å². The molecule has 256 valence electrons. The number of ether oxygens (including phenoxy) is 3.